The van der Waals surface area contributed by atoms with Gasteiger partial charge in [0.1, 0.15) is 0 Å². The van der Waals surface area contributed by atoms with E-state index >= 15 is 0 Å². The average Bonchev–Trinajstić information content (AvgIpc) is 2.54. The van der Waals surface area contributed by atoms with Crippen molar-refractivity contribution in [2.75, 3.05) is 27.2 Å². The van der Waals surface area contributed by atoms with E-state index in [0.29, 0.717) is 11.1 Å². The van der Waals surface area contributed by atoms with Gasteiger partial charge in [0.2, 0.25) is 5.91 Å². The van der Waals surface area contributed by atoms with Gasteiger partial charge in [-0.2, -0.15) is 0 Å². The first-order chi connectivity index (χ1) is 11.5. The molecule has 0 spiro atoms. The molecule has 0 aliphatic heterocycles. The summed E-state index contributed by atoms with van der Waals surface area (Å²) in [7, 11) is 4.10. The number of hydrogen-bond acceptors (Lipinski definition) is 2. The van der Waals surface area contributed by atoms with Crippen LogP contribution in [0.2, 0.25) is 5.02 Å². The molecule has 3 nitrogen and oxygen atoms in total. The Morgan fingerprint density at radius 1 is 1.20 bits per heavy atom. The van der Waals surface area contributed by atoms with Crippen LogP contribution < -0.4 is 0 Å². The van der Waals surface area contributed by atoms with Crippen LogP contribution in [-0.4, -0.2) is 48.9 Å². The quantitative estimate of drug-likeness (QED) is 0.660. The molecule has 25 heavy (non-hydrogen) atoms. The van der Waals surface area contributed by atoms with Crippen molar-refractivity contribution in [1.82, 2.24) is 9.80 Å². The molecule has 1 aliphatic carbocycles. The molecule has 5 heteroatoms. The van der Waals surface area contributed by atoms with Crippen LogP contribution in [0.1, 0.15) is 38.2 Å². The molecule has 2 rings (SSSR count). The van der Waals surface area contributed by atoms with Gasteiger partial charge in [-0.15, -0.1) is 12.4 Å². The molecule has 1 saturated carbocycles. The number of benzene rings is 1. The summed E-state index contributed by atoms with van der Waals surface area (Å²) in [5.74, 6) is 0.894. The number of likely N-dealkylation sites (N-methyl/N-ethyl adjacent to an activating group) is 1. The first-order valence-electron chi connectivity index (χ1n) is 8.84. The Labute approximate surface area is 163 Å². The zero-order chi connectivity index (χ0) is 17.5. The lowest BCUT2D eigenvalue weighted by Crippen LogP contribution is -2.44. The summed E-state index contributed by atoms with van der Waals surface area (Å²) in [6.07, 6.45) is 8.22. The predicted octanol–water partition coefficient (Wildman–Crippen LogP) is 4.74. The number of carbonyl (C=O) groups excluding carboxylic acids is 1. The van der Waals surface area contributed by atoms with Gasteiger partial charge in [0, 0.05) is 30.2 Å². The highest BCUT2D eigenvalue weighted by Crippen LogP contribution is 2.27. The van der Waals surface area contributed by atoms with E-state index in [9.17, 15) is 4.79 Å². The Morgan fingerprint density at radius 3 is 2.48 bits per heavy atom. The summed E-state index contributed by atoms with van der Waals surface area (Å²) in [5, 5.41) is 0.690. The Bertz CT molecular complexity index is 567. The second-order valence-corrected chi connectivity index (χ2v) is 7.57. The van der Waals surface area contributed by atoms with E-state index in [-0.39, 0.29) is 18.3 Å². The van der Waals surface area contributed by atoms with Gasteiger partial charge in [-0.25, -0.2) is 0 Å². The molecule has 1 aliphatic rings. The van der Waals surface area contributed by atoms with Gasteiger partial charge in [0.15, 0.2) is 0 Å². The van der Waals surface area contributed by atoms with Crippen molar-refractivity contribution in [2.24, 2.45) is 5.92 Å². The highest BCUT2D eigenvalue weighted by Gasteiger charge is 2.26. The van der Waals surface area contributed by atoms with Crippen molar-refractivity contribution in [3.05, 3.63) is 40.9 Å². The van der Waals surface area contributed by atoms with E-state index in [1.54, 1.807) is 6.08 Å². The number of nitrogens with zero attached hydrogens (tertiary/aromatic N) is 2. The molecule has 0 aromatic heterocycles. The van der Waals surface area contributed by atoms with Crippen LogP contribution in [0.3, 0.4) is 0 Å². The van der Waals surface area contributed by atoms with Crippen LogP contribution >= 0.6 is 24.0 Å². The molecular formula is C20H30Cl2N2O. The van der Waals surface area contributed by atoms with Gasteiger partial charge in [0.25, 0.3) is 0 Å². The normalized spacial score (nSPS) is 20.5. The lowest BCUT2D eigenvalue weighted by Gasteiger charge is -2.36. The second kappa shape index (κ2) is 10.8. The summed E-state index contributed by atoms with van der Waals surface area (Å²) < 4.78 is 0. The van der Waals surface area contributed by atoms with Crippen LogP contribution in [0.15, 0.2) is 30.3 Å². The monoisotopic (exact) mass is 384 g/mol. The fourth-order valence-corrected chi connectivity index (χ4v) is 3.41. The highest BCUT2D eigenvalue weighted by atomic mass is 35.5. The largest absolute Gasteiger partial charge is 0.335 e. The van der Waals surface area contributed by atoms with Gasteiger partial charge >= 0.3 is 0 Å². The maximum absolute atomic E-state index is 12.8. The van der Waals surface area contributed by atoms with Gasteiger partial charge in [0.05, 0.1) is 0 Å². The molecular weight excluding hydrogens is 355 g/mol. The lowest BCUT2D eigenvalue weighted by atomic mass is 9.86. The minimum Gasteiger partial charge on any atom is -0.335 e. The van der Waals surface area contributed by atoms with E-state index in [2.05, 4.69) is 16.7 Å². The molecule has 0 bridgehead atoms. The molecule has 0 atom stereocenters. The molecule has 0 heterocycles. The molecule has 0 N–H and O–H groups in total. The van der Waals surface area contributed by atoms with Crippen molar-refractivity contribution < 1.29 is 4.79 Å². The van der Waals surface area contributed by atoms with E-state index in [0.717, 1.165) is 37.4 Å². The Balaban J connectivity index is 0.00000312. The Kier molecular flexibility index (Phi) is 9.55. The SMILES string of the molecule is CC1CCC(N(CCN(C)C)C(=O)C=Cc2cccc(Cl)c2)CC1.Cl. The second-order valence-electron chi connectivity index (χ2n) is 7.14. The van der Waals surface area contributed by atoms with Crippen LogP contribution in [-0.2, 0) is 4.79 Å². The zero-order valence-corrected chi connectivity index (χ0v) is 17.0. The van der Waals surface area contributed by atoms with Crippen LogP contribution in [0, 0.1) is 5.92 Å². The first-order valence-corrected chi connectivity index (χ1v) is 9.22. The summed E-state index contributed by atoms with van der Waals surface area (Å²) in [4.78, 5) is 17.0. The zero-order valence-electron chi connectivity index (χ0n) is 15.5. The van der Waals surface area contributed by atoms with Crippen LogP contribution in [0.25, 0.3) is 6.08 Å². The number of halogens is 2. The summed E-state index contributed by atoms with van der Waals surface area (Å²) in [6, 6.07) is 7.95. The number of amides is 1. The van der Waals surface area contributed by atoms with Gasteiger partial charge < -0.3 is 9.80 Å². The summed E-state index contributed by atoms with van der Waals surface area (Å²) >= 11 is 6.01. The molecule has 140 valence electrons. The Hall–Kier alpha value is -1.03. The van der Waals surface area contributed by atoms with Crippen molar-refractivity contribution in [2.45, 2.75) is 38.6 Å². The fraction of sp³-hybridized carbons (Fsp3) is 0.550. The van der Waals surface area contributed by atoms with Crippen molar-refractivity contribution in [3.8, 4) is 0 Å². The Morgan fingerprint density at radius 2 is 1.88 bits per heavy atom. The standard InChI is InChI=1S/C20H29ClN2O.ClH/c1-16-7-10-19(11-8-16)23(14-13-22(2)3)20(24)12-9-17-5-4-6-18(21)15-17;/h4-6,9,12,15-16,19H,7-8,10-11,13-14H2,1-3H3;1H. The maximum Gasteiger partial charge on any atom is 0.246 e. The van der Waals surface area contributed by atoms with Crippen molar-refractivity contribution in [3.63, 3.8) is 0 Å². The molecule has 1 aromatic rings. The van der Waals surface area contributed by atoms with E-state index in [1.165, 1.54) is 12.8 Å². The summed E-state index contributed by atoms with van der Waals surface area (Å²) in [6.45, 7) is 3.98. The minimum absolute atomic E-state index is 0. The van der Waals surface area contributed by atoms with Crippen LogP contribution in [0.4, 0.5) is 0 Å². The van der Waals surface area contributed by atoms with Crippen molar-refractivity contribution in [1.29, 1.82) is 0 Å². The summed E-state index contributed by atoms with van der Waals surface area (Å²) in [5.41, 5.74) is 0.959. The minimum atomic E-state index is 0. The van der Waals surface area contributed by atoms with Crippen LogP contribution in [0.5, 0.6) is 0 Å². The molecule has 0 unspecified atom stereocenters. The third-order valence-corrected chi connectivity index (χ3v) is 5.00. The molecule has 1 aromatic carbocycles. The number of hydrogen-bond donors (Lipinski definition) is 0. The molecule has 0 saturated heterocycles. The smallest absolute Gasteiger partial charge is 0.246 e. The third-order valence-electron chi connectivity index (χ3n) is 4.76. The van der Waals surface area contributed by atoms with Gasteiger partial charge in [-0.3, -0.25) is 4.79 Å². The topological polar surface area (TPSA) is 23.6 Å². The van der Waals surface area contributed by atoms with Crippen molar-refractivity contribution >= 4 is 36.0 Å². The highest BCUT2D eigenvalue weighted by molar-refractivity contribution is 6.30. The fourth-order valence-electron chi connectivity index (χ4n) is 3.21. The van der Waals surface area contributed by atoms with Gasteiger partial charge in [-0.05, 0) is 69.5 Å². The molecule has 1 fully saturated rings. The first kappa shape index (κ1) is 22.0. The molecule has 1 amide bonds. The predicted molar refractivity (Wildman–Crippen MR) is 109 cm³/mol. The van der Waals surface area contributed by atoms with E-state index in [4.69, 9.17) is 11.6 Å². The third kappa shape index (κ3) is 7.39. The number of rotatable bonds is 6. The van der Waals surface area contributed by atoms with Gasteiger partial charge in [-0.1, -0.05) is 30.7 Å². The number of carbonyl (C=O) groups is 1. The lowest BCUT2D eigenvalue weighted by molar-refractivity contribution is -0.129. The van der Waals surface area contributed by atoms with E-state index in [1.807, 2.05) is 44.4 Å². The maximum atomic E-state index is 12.8. The van der Waals surface area contributed by atoms with E-state index < -0.39 is 0 Å². The average molecular weight is 385 g/mol. The molecule has 0 radical (unpaired) electrons.